The van der Waals surface area contributed by atoms with Gasteiger partial charge in [0.05, 0.1) is 11.7 Å². The third-order valence-electron chi connectivity index (χ3n) is 7.02. The summed E-state index contributed by atoms with van der Waals surface area (Å²) in [4.78, 5) is 0. The first kappa shape index (κ1) is 19.0. The molecule has 5 rings (SSSR count). The smallest absolute Gasteiger partial charge is 0.173 e. The third kappa shape index (κ3) is 2.20. The molecule has 1 saturated carbocycles. The van der Waals surface area contributed by atoms with Crippen LogP contribution in [0, 0.1) is 17.8 Å². The van der Waals surface area contributed by atoms with Crippen LogP contribution in [0.1, 0.15) is 24.5 Å². The van der Waals surface area contributed by atoms with Gasteiger partial charge >= 0.3 is 0 Å². The van der Waals surface area contributed by atoms with Gasteiger partial charge in [-0.05, 0) is 36.0 Å². The van der Waals surface area contributed by atoms with Gasteiger partial charge in [-0.25, -0.2) is 0 Å². The van der Waals surface area contributed by atoms with E-state index in [2.05, 4.69) is 0 Å². The van der Waals surface area contributed by atoms with Crippen molar-refractivity contribution in [3.05, 3.63) is 71.8 Å². The molecule has 1 unspecified atom stereocenters. The van der Waals surface area contributed by atoms with Gasteiger partial charge in [-0.2, -0.15) is 0 Å². The quantitative estimate of drug-likeness (QED) is 0.522. The Hall–Kier alpha value is -2.96. The summed E-state index contributed by atoms with van der Waals surface area (Å²) in [5.74, 6) is -1.09. The lowest BCUT2D eigenvalue weighted by Gasteiger charge is -2.43. The van der Waals surface area contributed by atoms with E-state index in [0.29, 0.717) is 12.0 Å². The normalized spacial score (nSPS) is 36.4. The van der Waals surface area contributed by atoms with Crippen LogP contribution in [0.3, 0.4) is 0 Å². The van der Waals surface area contributed by atoms with Crippen molar-refractivity contribution < 1.29 is 30.3 Å². The SMILES string of the molecule is C[C@@H]1[C@@H](O)[C@@]2(O)c3c(O)cc(O)cc3O[C@@]2(c2ccc(O)cc2)[C@H]1C1C=CC=CC1. The highest BCUT2D eigenvalue weighted by atomic mass is 16.5. The van der Waals surface area contributed by atoms with Crippen LogP contribution in [0.25, 0.3) is 0 Å². The minimum Gasteiger partial charge on any atom is -0.508 e. The summed E-state index contributed by atoms with van der Waals surface area (Å²) in [6, 6.07) is 8.85. The van der Waals surface area contributed by atoms with Crippen molar-refractivity contribution in [3.63, 3.8) is 0 Å². The second-order valence-corrected chi connectivity index (χ2v) is 8.53. The van der Waals surface area contributed by atoms with Gasteiger partial charge in [-0.15, -0.1) is 0 Å². The van der Waals surface area contributed by atoms with Crippen LogP contribution in [0.2, 0.25) is 0 Å². The average molecular weight is 408 g/mol. The molecule has 2 aromatic rings. The lowest BCUT2D eigenvalue weighted by molar-refractivity contribution is -0.160. The van der Waals surface area contributed by atoms with Gasteiger partial charge in [-0.3, -0.25) is 0 Å². The Bertz CT molecular complexity index is 1060. The maximum absolute atomic E-state index is 12.1. The van der Waals surface area contributed by atoms with Gasteiger partial charge in [0.2, 0.25) is 0 Å². The number of benzene rings is 2. The summed E-state index contributed by atoms with van der Waals surface area (Å²) < 4.78 is 6.45. The molecule has 5 N–H and O–H groups in total. The third-order valence-corrected chi connectivity index (χ3v) is 7.02. The molecular weight excluding hydrogens is 384 g/mol. The number of phenols is 3. The maximum atomic E-state index is 12.1. The van der Waals surface area contributed by atoms with E-state index in [1.54, 1.807) is 12.1 Å². The minimum absolute atomic E-state index is 0.0347. The number of hydrogen-bond donors (Lipinski definition) is 5. The lowest BCUT2D eigenvalue weighted by Crippen LogP contribution is -2.53. The second kappa shape index (κ2) is 6.27. The van der Waals surface area contributed by atoms with Crippen molar-refractivity contribution in [1.82, 2.24) is 0 Å². The number of aliphatic hydroxyl groups excluding tert-OH is 1. The molecule has 0 aromatic heterocycles. The van der Waals surface area contributed by atoms with Crippen LogP contribution in [0.15, 0.2) is 60.7 Å². The number of phenolic OH excluding ortho intramolecular Hbond substituents is 3. The molecule has 2 aromatic carbocycles. The number of aliphatic hydroxyl groups is 2. The van der Waals surface area contributed by atoms with Gasteiger partial charge in [0.25, 0.3) is 0 Å². The fourth-order valence-corrected chi connectivity index (χ4v) is 5.86. The van der Waals surface area contributed by atoms with Crippen molar-refractivity contribution in [2.45, 2.75) is 30.7 Å². The Morgan fingerprint density at radius 1 is 1.00 bits per heavy atom. The molecule has 0 saturated heterocycles. The van der Waals surface area contributed by atoms with E-state index in [4.69, 9.17) is 4.74 Å². The second-order valence-electron chi connectivity index (χ2n) is 8.53. The van der Waals surface area contributed by atoms with Crippen molar-refractivity contribution >= 4 is 0 Å². The summed E-state index contributed by atoms with van der Waals surface area (Å²) in [6.07, 6.45) is 7.47. The molecule has 156 valence electrons. The Balaban J connectivity index is 1.81. The standard InChI is InChI=1S/C24H24O6/c1-13-20(14-5-3-2-4-6-14)24(15-7-9-16(25)10-8-15)23(29,22(13)28)21-18(27)11-17(26)12-19(21)30-24/h2-5,7-14,20,22,25-29H,6H2,1H3/t13-,14?,20+,22+,23-,24-/m0/s1. The van der Waals surface area contributed by atoms with Crippen molar-refractivity contribution in [2.75, 3.05) is 0 Å². The number of aromatic hydroxyl groups is 3. The molecular formula is C24H24O6. The fourth-order valence-electron chi connectivity index (χ4n) is 5.86. The van der Waals surface area contributed by atoms with Crippen LogP contribution in [-0.4, -0.2) is 31.6 Å². The van der Waals surface area contributed by atoms with E-state index >= 15 is 0 Å². The largest absolute Gasteiger partial charge is 0.508 e. The monoisotopic (exact) mass is 408 g/mol. The van der Waals surface area contributed by atoms with E-state index in [9.17, 15) is 25.5 Å². The van der Waals surface area contributed by atoms with Crippen LogP contribution in [0.4, 0.5) is 0 Å². The summed E-state index contributed by atoms with van der Waals surface area (Å²) >= 11 is 0. The molecule has 0 amide bonds. The van der Waals surface area contributed by atoms with Gasteiger partial charge in [0.15, 0.2) is 11.2 Å². The zero-order valence-electron chi connectivity index (χ0n) is 16.4. The number of rotatable bonds is 2. The first-order valence-corrected chi connectivity index (χ1v) is 10.1. The summed E-state index contributed by atoms with van der Waals surface area (Å²) in [6.45, 7) is 1.88. The highest BCUT2D eigenvalue weighted by Crippen LogP contribution is 2.69. The van der Waals surface area contributed by atoms with E-state index in [1.165, 1.54) is 18.2 Å². The van der Waals surface area contributed by atoms with Crippen LogP contribution < -0.4 is 4.74 Å². The predicted molar refractivity (Wildman–Crippen MR) is 109 cm³/mol. The first-order chi connectivity index (χ1) is 14.3. The van der Waals surface area contributed by atoms with Crippen molar-refractivity contribution in [2.24, 2.45) is 17.8 Å². The molecule has 0 radical (unpaired) electrons. The molecule has 2 aliphatic carbocycles. The Kier molecular flexibility index (Phi) is 3.98. The Labute approximate surface area is 174 Å². The van der Waals surface area contributed by atoms with Crippen molar-refractivity contribution in [1.29, 1.82) is 0 Å². The molecule has 1 aliphatic heterocycles. The zero-order valence-corrected chi connectivity index (χ0v) is 16.4. The Morgan fingerprint density at radius 2 is 1.73 bits per heavy atom. The number of hydrogen-bond acceptors (Lipinski definition) is 6. The molecule has 1 fully saturated rings. The maximum Gasteiger partial charge on any atom is 0.173 e. The molecule has 30 heavy (non-hydrogen) atoms. The van der Waals surface area contributed by atoms with E-state index in [1.807, 2.05) is 31.2 Å². The van der Waals surface area contributed by atoms with Crippen LogP contribution >= 0.6 is 0 Å². The lowest BCUT2D eigenvalue weighted by atomic mass is 9.67. The molecule has 3 aliphatic rings. The fraction of sp³-hybridized carbons (Fsp3) is 0.333. The average Bonchev–Trinajstić information content (AvgIpc) is 3.07. The topological polar surface area (TPSA) is 110 Å². The molecule has 6 atom stereocenters. The van der Waals surface area contributed by atoms with Crippen LogP contribution in [-0.2, 0) is 11.2 Å². The Morgan fingerprint density at radius 3 is 2.40 bits per heavy atom. The van der Waals surface area contributed by atoms with E-state index in [-0.39, 0.29) is 46.3 Å². The zero-order chi connectivity index (χ0) is 21.3. The molecule has 6 nitrogen and oxygen atoms in total. The van der Waals surface area contributed by atoms with Gasteiger partial charge in [0.1, 0.15) is 23.0 Å². The first-order valence-electron chi connectivity index (χ1n) is 10.1. The molecule has 6 heteroatoms. The van der Waals surface area contributed by atoms with Crippen LogP contribution in [0.5, 0.6) is 23.0 Å². The molecule has 0 bridgehead atoms. The van der Waals surface area contributed by atoms with Crippen molar-refractivity contribution in [3.8, 4) is 23.0 Å². The van der Waals surface area contributed by atoms with Gasteiger partial charge in [-0.1, -0.05) is 43.4 Å². The summed E-state index contributed by atoms with van der Waals surface area (Å²) in [7, 11) is 0. The molecule has 1 heterocycles. The highest BCUT2D eigenvalue weighted by molar-refractivity contribution is 5.61. The minimum atomic E-state index is -1.95. The number of fused-ring (bicyclic) bond motifs is 3. The summed E-state index contributed by atoms with van der Waals surface area (Å²) in [5, 5.41) is 54.0. The van der Waals surface area contributed by atoms with E-state index in [0.717, 1.165) is 6.07 Å². The number of ether oxygens (including phenoxy) is 1. The van der Waals surface area contributed by atoms with Gasteiger partial charge in [0, 0.05) is 18.1 Å². The predicted octanol–water partition coefficient (Wildman–Crippen LogP) is 3.04. The van der Waals surface area contributed by atoms with Gasteiger partial charge < -0.3 is 30.3 Å². The van der Waals surface area contributed by atoms with E-state index < -0.39 is 17.3 Å². The number of allylic oxidation sites excluding steroid dienone is 4. The highest BCUT2D eigenvalue weighted by Gasteiger charge is 2.76. The summed E-state index contributed by atoms with van der Waals surface area (Å²) in [5.41, 5.74) is -2.72. The molecule has 0 spiro atoms.